The van der Waals surface area contributed by atoms with Crippen molar-refractivity contribution >= 4 is 0 Å². The normalized spacial score (nSPS) is 11.1. The van der Waals surface area contributed by atoms with Crippen LogP contribution >= 0.6 is 0 Å². The maximum absolute atomic E-state index is 5.20. The monoisotopic (exact) mass is 274 g/mol. The molecule has 0 saturated carbocycles. The molecule has 0 atom stereocenters. The van der Waals surface area contributed by atoms with Crippen LogP contribution < -0.4 is 5.32 Å². The lowest BCUT2D eigenvalue weighted by atomic mass is 10.4. The van der Waals surface area contributed by atoms with Gasteiger partial charge in [0.25, 0.3) is 0 Å². The SMILES string of the molecule is CCNCc1cn(Cc2nc(-c3ccco3)no2)nn1. The van der Waals surface area contributed by atoms with E-state index >= 15 is 0 Å². The standard InChI is InChI=1S/C12H14N6O2/c1-2-13-6-9-7-18(17-15-9)8-11-14-12(16-20-11)10-4-3-5-19-10/h3-5,7,13H,2,6,8H2,1H3. The van der Waals surface area contributed by atoms with Gasteiger partial charge < -0.3 is 14.3 Å². The van der Waals surface area contributed by atoms with Gasteiger partial charge in [-0.1, -0.05) is 17.3 Å². The molecule has 0 unspecified atom stereocenters. The highest BCUT2D eigenvalue weighted by molar-refractivity contribution is 5.44. The Kier molecular flexibility index (Phi) is 3.55. The molecule has 0 saturated heterocycles. The van der Waals surface area contributed by atoms with Gasteiger partial charge in [-0.25, -0.2) is 4.68 Å². The van der Waals surface area contributed by atoms with Crippen LogP contribution in [0.1, 0.15) is 18.5 Å². The summed E-state index contributed by atoms with van der Waals surface area (Å²) in [7, 11) is 0. The molecule has 0 aliphatic carbocycles. The lowest BCUT2D eigenvalue weighted by Crippen LogP contribution is -2.11. The molecule has 8 heteroatoms. The summed E-state index contributed by atoms with van der Waals surface area (Å²) in [6.45, 7) is 4.01. The van der Waals surface area contributed by atoms with E-state index in [2.05, 4.69) is 25.8 Å². The minimum absolute atomic E-state index is 0.382. The van der Waals surface area contributed by atoms with Gasteiger partial charge in [-0.2, -0.15) is 4.98 Å². The second-order valence-electron chi connectivity index (χ2n) is 4.18. The molecule has 1 N–H and O–H groups in total. The number of furan rings is 1. The van der Waals surface area contributed by atoms with Crippen molar-refractivity contribution in [3.8, 4) is 11.6 Å². The molecule has 0 aliphatic heterocycles. The molecule has 3 rings (SSSR count). The molecule has 0 radical (unpaired) electrons. The van der Waals surface area contributed by atoms with Crippen molar-refractivity contribution in [1.82, 2.24) is 30.5 Å². The van der Waals surface area contributed by atoms with Gasteiger partial charge in [-0.15, -0.1) is 5.10 Å². The fourth-order valence-corrected chi connectivity index (χ4v) is 1.71. The van der Waals surface area contributed by atoms with E-state index in [1.54, 1.807) is 23.1 Å². The summed E-state index contributed by atoms with van der Waals surface area (Å²) < 4.78 is 12.0. The predicted octanol–water partition coefficient (Wildman–Crippen LogP) is 1.08. The minimum atomic E-state index is 0.382. The first-order valence-corrected chi connectivity index (χ1v) is 6.31. The van der Waals surface area contributed by atoms with Crippen LogP contribution in [0.2, 0.25) is 0 Å². The third-order valence-electron chi connectivity index (χ3n) is 2.65. The van der Waals surface area contributed by atoms with Gasteiger partial charge in [0.1, 0.15) is 6.54 Å². The van der Waals surface area contributed by atoms with Gasteiger partial charge in [0, 0.05) is 6.54 Å². The molecule has 8 nitrogen and oxygen atoms in total. The first kappa shape index (κ1) is 12.5. The van der Waals surface area contributed by atoms with Crippen LogP contribution in [0, 0.1) is 0 Å². The molecule has 0 fully saturated rings. The van der Waals surface area contributed by atoms with Gasteiger partial charge in [-0.05, 0) is 18.7 Å². The van der Waals surface area contributed by atoms with E-state index < -0.39 is 0 Å². The highest BCUT2D eigenvalue weighted by Gasteiger charge is 2.11. The largest absolute Gasteiger partial charge is 0.461 e. The summed E-state index contributed by atoms with van der Waals surface area (Å²) in [6.07, 6.45) is 3.41. The summed E-state index contributed by atoms with van der Waals surface area (Å²) >= 11 is 0. The van der Waals surface area contributed by atoms with Gasteiger partial charge in [0.05, 0.1) is 18.2 Å². The van der Waals surface area contributed by atoms with Crippen LogP contribution in [0.15, 0.2) is 33.5 Å². The average molecular weight is 274 g/mol. The third kappa shape index (κ3) is 2.75. The van der Waals surface area contributed by atoms with Crippen molar-refractivity contribution in [2.45, 2.75) is 20.0 Å². The van der Waals surface area contributed by atoms with Gasteiger partial charge in [0.15, 0.2) is 5.76 Å². The number of rotatable bonds is 6. The van der Waals surface area contributed by atoms with Crippen molar-refractivity contribution in [1.29, 1.82) is 0 Å². The molecule has 0 bridgehead atoms. The number of hydrogen-bond acceptors (Lipinski definition) is 7. The zero-order valence-electron chi connectivity index (χ0n) is 11.0. The predicted molar refractivity (Wildman–Crippen MR) is 68.5 cm³/mol. The summed E-state index contributed by atoms with van der Waals surface area (Å²) in [4.78, 5) is 4.24. The smallest absolute Gasteiger partial charge is 0.248 e. The molecule has 0 spiro atoms. The Labute approximate surface area is 114 Å². The van der Waals surface area contributed by atoms with Gasteiger partial charge in [-0.3, -0.25) is 0 Å². The topological polar surface area (TPSA) is 94.8 Å². The molecule has 20 heavy (non-hydrogen) atoms. The Morgan fingerprint density at radius 2 is 2.35 bits per heavy atom. The molecular weight excluding hydrogens is 260 g/mol. The van der Waals surface area contributed by atoms with Crippen LogP contribution in [0.25, 0.3) is 11.6 Å². The summed E-state index contributed by atoms with van der Waals surface area (Å²) in [5.41, 5.74) is 0.873. The lowest BCUT2D eigenvalue weighted by molar-refractivity contribution is 0.363. The van der Waals surface area contributed by atoms with Crippen molar-refractivity contribution in [2.24, 2.45) is 0 Å². The molecule has 3 aromatic rings. The second-order valence-corrected chi connectivity index (χ2v) is 4.18. The highest BCUT2D eigenvalue weighted by Crippen LogP contribution is 2.15. The molecular formula is C12H14N6O2. The van der Waals surface area contributed by atoms with Crippen LogP contribution in [0.3, 0.4) is 0 Å². The number of aromatic nitrogens is 5. The van der Waals surface area contributed by atoms with Crippen LogP contribution in [-0.2, 0) is 13.1 Å². The fraction of sp³-hybridized carbons (Fsp3) is 0.333. The van der Waals surface area contributed by atoms with Gasteiger partial charge in [0.2, 0.25) is 11.7 Å². The lowest BCUT2D eigenvalue weighted by Gasteiger charge is -1.94. The zero-order valence-corrected chi connectivity index (χ0v) is 11.0. The van der Waals surface area contributed by atoms with E-state index in [9.17, 15) is 0 Å². The van der Waals surface area contributed by atoms with E-state index in [0.29, 0.717) is 30.6 Å². The Morgan fingerprint density at radius 3 is 3.15 bits per heavy atom. The Balaban J connectivity index is 1.67. The summed E-state index contributed by atoms with van der Waals surface area (Å²) in [5.74, 6) is 1.46. The summed E-state index contributed by atoms with van der Waals surface area (Å²) in [5, 5.41) is 15.1. The first-order chi connectivity index (χ1) is 9.85. The van der Waals surface area contributed by atoms with Crippen LogP contribution in [-0.4, -0.2) is 31.7 Å². The van der Waals surface area contributed by atoms with E-state index in [-0.39, 0.29) is 0 Å². The van der Waals surface area contributed by atoms with Crippen molar-refractivity contribution in [3.63, 3.8) is 0 Å². The first-order valence-electron chi connectivity index (χ1n) is 6.31. The van der Waals surface area contributed by atoms with E-state index in [0.717, 1.165) is 12.2 Å². The van der Waals surface area contributed by atoms with E-state index in [4.69, 9.17) is 8.94 Å². The van der Waals surface area contributed by atoms with E-state index in [1.807, 2.05) is 13.1 Å². The Hall–Kier alpha value is -2.48. The zero-order chi connectivity index (χ0) is 13.8. The molecule has 0 aliphatic rings. The molecule has 104 valence electrons. The summed E-state index contributed by atoms with van der Waals surface area (Å²) in [6, 6.07) is 3.55. The molecule has 0 aromatic carbocycles. The number of hydrogen-bond donors (Lipinski definition) is 1. The molecule has 0 amide bonds. The Bertz CT molecular complexity index is 657. The molecule has 3 aromatic heterocycles. The maximum atomic E-state index is 5.20. The number of nitrogens with one attached hydrogen (secondary N) is 1. The third-order valence-corrected chi connectivity index (χ3v) is 2.65. The van der Waals surface area contributed by atoms with Gasteiger partial charge >= 0.3 is 0 Å². The van der Waals surface area contributed by atoms with Crippen molar-refractivity contribution in [2.75, 3.05) is 6.54 Å². The maximum Gasteiger partial charge on any atom is 0.248 e. The second kappa shape index (κ2) is 5.66. The number of nitrogens with zero attached hydrogens (tertiary/aromatic N) is 5. The van der Waals surface area contributed by atoms with Crippen LogP contribution in [0.5, 0.6) is 0 Å². The quantitative estimate of drug-likeness (QED) is 0.718. The Morgan fingerprint density at radius 1 is 1.40 bits per heavy atom. The van der Waals surface area contributed by atoms with E-state index in [1.165, 1.54) is 0 Å². The highest BCUT2D eigenvalue weighted by atomic mass is 16.5. The minimum Gasteiger partial charge on any atom is -0.461 e. The van der Waals surface area contributed by atoms with Crippen molar-refractivity contribution in [3.05, 3.63) is 36.2 Å². The van der Waals surface area contributed by atoms with Crippen molar-refractivity contribution < 1.29 is 8.94 Å². The molecule has 3 heterocycles. The average Bonchev–Trinajstić information content (AvgIpc) is 3.18. The van der Waals surface area contributed by atoms with Crippen LogP contribution in [0.4, 0.5) is 0 Å². The fourth-order valence-electron chi connectivity index (χ4n) is 1.71.